The molecule has 294 valence electrons. The molecule has 9 aromatic carbocycles. The molecule has 0 unspecified atom stereocenters. The highest BCUT2D eigenvalue weighted by molar-refractivity contribution is 7.26. The lowest BCUT2D eigenvalue weighted by Gasteiger charge is -2.16. The molecular weight excluding hydrogens is 787 g/mol. The predicted octanol–water partition coefficient (Wildman–Crippen LogP) is 15.1. The van der Waals surface area contributed by atoms with Crippen LogP contribution in [0.4, 0.5) is 0 Å². The standard InChI is InChI=1S/C57H35N5S/c1-3-16-36(17-4-1)37-32-34-38(35-33-37)55-58-56(60-57(59-55)47-27-14-25-45-42-22-9-12-31-51(42)63-54(45)47)46-26-13-23-43-40-20-8-11-29-49(40)62(52(43)46)50-30-15-24-44-41-21-7-10-28-48(41)61(53(44)50)39-18-5-2-6-19-39/h1-35H. The van der Waals surface area contributed by atoms with E-state index in [0.29, 0.717) is 17.5 Å². The third-order valence-corrected chi connectivity index (χ3v) is 13.6. The molecule has 63 heavy (non-hydrogen) atoms. The van der Waals surface area contributed by atoms with Crippen molar-refractivity contribution in [2.75, 3.05) is 0 Å². The number of rotatable bonds is 6. The summed E-state index contributed by atoms with van der Waals surface area (Å²) in [7, 11) is 0. The maximum Gasteiger partial charge on any atom is 0.166 e. The molecule has 5 nitrogen and oxygen atoms in total. The van der Waals surface area contributed by atoms with Gasteiger partial charge in [-0.2, -0.15) is 0 Å². The van der Waals surface area contributed by atoms with Crippen molar-refractivity contribution in [2.45, 2.75) is 0 Å². The van der Waals surface area contributed by atoms with E-state index in [4.69, 9.17) is 15.0 Å². The zero-order valence-corrected chi connectivity index (χ0v) is 34.7. The molecule has 0 aliphatic heterocycles. The molecule has 0 aliphatic carbocycles. The Morgan fingerprint density at radius 1 is 0.317 bits per heavy atom. The van der Waals surface area contributed by atoms with Crippen molar-refractivity contribution >= 4 is 75.1 Å². The number of hydrogen-bond donors (Lipinski definition) is 0. The van der Waals surface area contributed by atoms with Gasteiger partial charge in [0, 0.05) is 64.1 Å². The highest BCUT2D eigenvalue weighted by Crippen LogP contribution is 2.44. The van der Waals surface area contributed by atoms with Gasteiger partial charge in [-0.15, -0.1) is 11.3 Å². The molecule has 0 saturated carbocycles. The van der Waals surface area contributed by atoms with Gasteiger partial charge in [0.15, 0.2) is 17.5 Å². The van der Waals surface area contributed by atoms with Crippen LogP contribution in [-0.2, 0) is 0 Å². The van der Waals surface area contributed by atoms with E-state index >= 15 is 0 Å². The normalized spacial score (nSPS) is 11.8. The van der Waals surface area contributed by atoms with Crippen LogP contribution in [0.1, 0.15) is 0 Å². The highest BCUT2D eigenvalue weighted by atomic mass is 32.1. The van der Waals surface area contributed by atoms with Crippen LogP contribution in [0.5, 0.6) is 0 Å². The summed E-state index contributed by atoms with van der Waals surface area (Å²) in [6.07, 6.45) is 0. The first-order valence-electron chi connectivity index (χ1n) is 21.2. The van der Waals surface area contributed by atoms with Gasteiger partial charge < -0.3 is 9.13 Å². The van der Waals surface area contributed by atoms with Crippen molar-refractivity contribution in [1.82, 2.24) is 24.1 Å². The first-order chi connectivity index (χ1) is 31.3. The van der Waals surface area contributed by atoms with Gasteiger partial charge in [-0.3, -0.25) is 0 Å². The van der Waals surface area contributed by atoms with E-state index in [1.54, 1.807) is 11.3 Å². The summed E-state index contributed by atoms with van der Waals surface area (Å²) in [6, 6.07) is 75.5. The van der Waals surface area contributed by atoms with Crippen molar-refractivity contribution in [3.63, 3.8) is 0 Å². The first-order valence-corrected chi connectivity index (χ1v) is 22.0. The number of thiophene rings is 1. The smallest absolute Gasteiger partial charge is 0.166 e. The molecule has 0 spiro atoms. The summed E-state index contributed by atoms with van der Waals surface area (Å²) in [5.41, 5.74) is 11.8. The molecule has 4 heterocycles. The van der Waals surface area contributed by atoms with E-state index in [-0.39, 0.29) is 0 Å². The second-order valence-electron chi connectivity index (χ2n) is 15.9. The molecule has 0 aliphatic rings. The molecule has 0 atom stereocenters. The molecule has 4 aromatic heterocycles. The van der Waals surface area contributed by atoms with E-state index in [2.05, 4.69) is 215 Å². The second kappa shape index (κ2) is 14.2. The lowest BCUT2D eigenvalue weighted by Crippen LogP contribution is -2.03. The van der Waals surface area contributed by atoms with Crippen LogP contribution in [0.25, 0.3) is 120 Å². The van der Waals surface area contributed by atoms with Crippen LogP contribution in [0, 0.1) is 0 Å². The van der Waals surface area contributed by atoms with Crippen LogP contribution in [0.3, 0.4) is 0 Å². The topological polar surface area (TPSA) is 48.5 Å². The molecule has 13 aromatic rings. The lowest BCUT2D eigenvalue weighted by molar-refractivity contribution is 1.07. The molecule has 13 rings (SSSR count). The Labute approximate surface area is 366 Å². The Balaban J connectivity index is 1.11. The summed E-state index contributed by atoms with van der Waals surface area (Å²) in [6.45, 7) is 0. The van der Waals surface area contributed by atoms with Crippen molar-refractivity contribution in [1.29, 1.82) is 0 Å². The van der Waals surface area contributed by atoms with Crippen LogP contribution in [-0.4, -0.2) is 24.1 Å². The number of hydrogen-bond acceptors (Lipinski definition) is 4. The highest BCUT2D eigenvalue weighted by Gasteiger charge is 2.24. The molecule has 0 amide bonds. The molecule has 0 radical (unpaired) electrons. The molecule has 0 bridgehead atoms. The summed E-state index contributed by atoms with van der Waals surface area (Å²) < 4.78 is 7.24. The van der Waals surface area contributed by atoms with E-state index in [9.17, 15) is 0 Å². The maximum atomic E-state index is 5.47. The Kier molecular flexibility index (Phi) is 8.01. The zero-order chi connectivity index (χ0) is 41.4. The van der Waals surface area contributed by atoms with Gasteiger partial charge in [0.2, 0.25) is 0 Å². The zero-order valence-electron chi connectivity index (χ0n) is 33.9. The largest absolute Gasteiger partial charge is 0.307 e. The summed E-state index contributed by atoms with van der Waals surface area (Å²) in [5, 5.41) is 7.13. The SMILES string of the molecule is c1ccc(-c2ccc(-c3nc(-c4cccc5c4sc4ccccc45)nc(-c4cccc5c6ccccc6n(-c6cccc7c8ccccc8n(-c8ccccc8)c67)c45)n3)cc2)cc1. The maximum absolute atomic E-state index is 5.47. The molecular formula is C57H35N5S. The number of fused-ring (bicyclic) bond motifs is 9. The summed E-state index contributed by atoms with van der Waals surface area (Å²) in [4.78, 5) is 16.2. The minimum atomic E-state index is 0.616. The van der Waals surface area contributed by atoms with Crippen molar-refractivity contribution in [2.24, 2.45) is 0 Å². The average molecular weight is 822 g/mol. The van der Waals surface area contributed by atoms with Crippen molar-refractivity contribution in [3.05, 3.63) is 212 Å². The summed E-state index contributed by atoms with van der Waals surface area (Å²) >= 11 is 1.79. The number of nitrogens with zero attached hydrogens (tertiary/aromatic N) is 5. The van der Waals surface area contributed by atoms with E-state index in [0.717, 1.165) is 71.2 Å². The first kappa shape index (κ1) is 35.6. The monoisotopic (exact) mass is 821 g/mol. The fourth-order valence-corrected chi connectivity index (χ4v) is 10.8. The quantitative estimate of drug-likeness (QED) is 0.168. The average Bonchev–Trinajstić information content (AvgIpc) is 4.03. The lowest BCUT2D eigenvalue weighted by atomic mass is 10.0. The Bertz CT molecular complexity index is 3900. The van der Waals surface area contributed by atoms with Gasteiger partial charge in [-0.05, 0) is 59.7 Å². The van der Waals surface area contributed by atoms with E-state index in [1.807, 2.05) is 6.07 Å². The van der Waals surface area contributed by atoms with E-state index < -0.39 is 0 Å². The third-order valence-electron chi connectivity index (χ3n) is 12.4. The van der Waals surface area contributed by atoms with Gasteiger partial charge in [-0.1, -0.05) is 164 Å². The molecule has 0 saturated heterocycles. The Morgan fingerprint density at radius 3 is 1.57 bits per heavy atom. The van der Waals surface area contributed by atoms with E-state index in [1.165, 1.54) is 31.8 Å². The Hall–Kier alpha value is -8.19. The number of aromatic nitrogens is 5. The molecule has 0 fully saturated rings. The third kappa shape index (κ3) is 5.59. The fourth-order valence-electron chi connectivity index (χ4n) is 9.59. The number of benzene rings is 9. The minimum absolute atomic E-state index is 0.616. The fraction of sp³-hybridized carbons (Fsp3) is 0. The van der Waals surface area contributed by atoms with Crippen LogP contribution < -0.4 is 0 Å². The van der Waals surface area contributed by atoms with Gasteiger partial charge in [-0.25, -0.2) is 15.0 Å². The van der Waals surface area contributed by atoms with Crippen molar-refractivity contribution < 1.29 is 0 Å². The van der Waals surface area contributed by atoms with Crippen LogP contribution >= 0.6 is 11.3 Å². The van der Waals surface area contributed by atoms with Gasteiger partial charge in [0.05, 0.1) is 27.8 Å². The molecule has 6 heteroatoms. The van der Waals surface area contributed by atoms with Gasteiger partial charge in [0.1, 0.15) is 0 Å². The van der Waals surface area contributed by atoms with Gasteiger partial charge in [0.25, 0.3) is 0 Å². The Morgan fingerprint density at radius 2 is 0.825 bits per heavy atom. The van der Waals surface area contributed by atoms with Crippen molar-refractivity contribution in [3.8, 4) is 56.7 Å². The van der Waals surface area contributed by atoms with Crippen LogP contribution in [0.2, 0.25) is 0 Å². The summed E-state index contributed by atoms with van der Waals surface area (Å²) in [5.74, 6) is 1.88. The predicted molar refractivity (Wildman–Crippen MR) is 263 cm³/mol. The molecule has 0 N–H and O–H groups in total. The second-order valence-corrected chi connectivity index (χ2v) is 17.0. The minimum Gasteiger partial charge on any atom is -0.307 e. The number of para-hydroxylation sites is 5. The van der Waals surface area contributed by atoms with Gasteiger partial charge >= 0.3 is 0 Å². The van der Waals surface area contributed by atoms with Crippen LogP contribution in [0.15, 0.2) is 212 Å².